The number of para-hydroxylation sites is 1. The molecule has 0 radical (unpaired) electrons. The highest BCUT2D eigenvalue weighted by Gasteiger charge is 2.45. The van der Waals surface area contributed by atoms with E-state index in [0.717, 1.165) is 97.0 Å². The number of nitrogens with zero attached hydrogens (tertiary/aromatic N) is 6. The first-order valence-electron chi connectivity index (χ1n) is 24.3. The topological polar surface area (TPSA) is 228 Å². The fraction of sp³-hybridized carbons (Fsp3) is 0.451. The number of ether oxygens (including phenoxy) is 4. The average Bonchev–Trinajstić information content (AvgIpc) is 3.89. The van der Waals surface area contributed by atoms with E-state index in [9.17, 15) is 24.3 Å². The molecular formula is C51H62N10O9. The second-order valence-electron chi connectivity index (χ2n) is 18.1. The number of nitrogen functional groups attached to an aromatic ring is 1. The zero-order valence-electron chi connectivity index (χ0n) is 39.3. The summed E-state index contributed by atoms with van der Waals surface area (Å²) in [5.41, 5.74) is 10.3. The molecule has 2 saturated heterocycles. The Morgan fingerprint density at radius 3 is 2.23 bits per heavy atom. The van der Waals surface area contributed by atoms with Crippen LogP contribution in [0.5, 0.6) is 11.5 Å². The molecule has 70 heavy (non-hydrogen) atoms. The van der Waals surface area contributed by atoms with E-state index in [1.807, 2.05) is 42.5 Å². The van der Waals surface area contributed by atoms with Gasteiger partial charge in [-0.15, -0.1) is 0 Å². The summed E-state index contributed by atoms with van der Waals surface area (Å²) in [6.07, 6.45) is 7.07. The van der Waals surface area contributed by atoms with Gasteiger partial charge >= 0.3 is 0 Å². The van der Waals surface area contributed by atoms with E-state index in [0.29, 0.717) is 68.8 Å². The highest BCUT2D eigenvalue weighted by atomic mass is 16.5. The highest BCUT2D eigenvalue weighted by Crippen LogP contribution is 2.41. The molecule has 0 spiro atoms. The summed E-state index contributed by atoms with van der Waals surface area (Å²) in [6.45, 7) is 7.93. The van der Waals surface area contributed by atoms with Crippen molar-refractivity contribution in [3.05, 3.63) is 96.4 Å². The molecule has 5 heterocycles. The number of benzene rings is 3. The van der Waals surface area contributed by atoms with Crippen LogP contribution < -0.4 is 26.4 Å². The van der Waals surface area contributed by atoms with Crippen molar-refractivity contribution in [2.75, 3.05) is 96.5 Å². The van der Waals surface area contributed by atoms with Crippen LogP contribution >= 0.6 is 0 Å². The van der Waals surface area contributed by atoms with Crippen molar-refractivity contribution in [1.29, 1.82) is 0 Å². The maximum absolute atomic E-state index is 13.3. The van der Waals surface area contributed by atoms with Crippen LogP contribution in [0.25, 0.3) is 22.2 Å². The molecule has 4 aliphatic rings. The Labute approximate surface area is 406 Å². The van der Waals surface area contributed by atoms with Crippen LogP contribution in [0.2, 0.25) is 0 Å². The van der Waals surface area contributed by atoms with Gasteiger partial charge in [-0.1, -0.05) is 42.5 Å². The van der Waals surface area contributed by atoms with Gasteiger partial charge in [0, 0.05) is 80.8 Å². The number of nitrogens with two attached hydrogens (primary N) is 1. The van der Waals surface area contributed by atoms with E-state index in [1.54, 1.807) is 24.5 Å². The second-order valence-corrected chi connectivity index (χ2v) is 18.1. The van der Waals surface area contributed by atoms with Gasteiger partial charge in [0.1, 0.15) is 35.3 Å². The van der Waals surface area contributed by atoms with Gasteiger partial charge in [0.2, 0.25) is 17.7 Å². The Hall–Kier alpha value is -6.48. The first-order chi connectivity index (χ1) is 34.2. The molecular weight excluding hydrogens is 897 g/mol. The molecule has 19 nitrogen and oxygen atoms in total. The number of anilines is 2. The molecule has 1 aliphatic carbocycles. The number of carbonyl (C=O) groups is 4. The third-order valence-electron chi connectivity index (χ3n) is 13.7. The number of fused-ring (bicyclic) bond motifs is 2. The first-order valence-corrected chi connectivity index (χ1v) is 24.3. The second kappa shape index (κ2) is 23.0. The minimum atomic E-state index is -1.34. The van der Waals surface area contributed by atoms with Gasteiger partial charge in [0.05, 0.1) is 57.1 Å². The number of rotatable bonds is 21. The zero-order chi connectivity index (χ0) is 48.4. The molecule has 4 amide bonds. The van der Waals surface area contributed by atoms with Gasteiger partial charge in [-0.05, 0) is 68.0 Å². The molecule has 19 heteroatoms. The summed E-state index contributed by atoms with van der Waals surface area (Å²) in [7, 11) is 0. The van der Waals surface area contributed by atoms with Crippen LogP contribution in [0.1, 0.15) is 66.7 Å². The summed E-state index contributed by atoms with van der Waals surface area (Å²) in [5.74, 6) is 0.170. The number of imide groups is 1. The van der Waals surface area contributed by atoms with E-state index >= 15 is 0 Å². The van der Waals surface area contributed by atoms with Crippen LogP contribution in [0.4, 0.5) is 11.5 Å². The molecule has 2 atom stereocenters. The molecule has 3 aliphatic heterocycles. The minimum absolute atomic E-state index is 0.0707. The van der Waals surface area contributed by atoms with Crippen molar-refractivity contribution in [2.45, 2.75) is 62.9 Å². The van der Waals surface area contributed by atoms with E-state index in [2.05, 4.69) is 53.6 Å². The molecule has 1 saturated carbocycles. The summed E-state index contributed by atoms with van der Waals surface area (Å²) in [6, 6.07) is 22.7. The first kappa shape index (κ1) is 48.5. The smallest absolute Gasteiger partial charge is 0.259 e. The van der Waals surface area contributed by atoms with Crippen LogP contribution in [0.3, 0.4) is 0 Å². The molecule has 2 aromatic heterocycles. The number of carbonyl (C=O) groups excluding carboxylic acids is 4. The van der Waals surface area contributed by atoms with Crippen LogP contribution in [0, 0.1) is 0 Å². The van der Waals surface area contributed by atoms with Crippen molar-refractivity contribution in [1.82, 2.24) is 39.9 Å². The van der Waals surface area contributed by atoms with Crippen molar-refractivity contribution in [2.24, 2.45) is 0 Å². The quantitative estimate of drug-likeness (QED) is 0.0516. The van der Waals surface area contributed by atoms with Crippen LogP contribution in [-0.2, 0) is 28.6 Å². The maximum Gasteiger partial charge on any atom is 0.259 e. The fourth-order valence-corrected chi connectivity index (χ4v) is 10.0. The summed E-state index contributed by atoms with van der Waals surface area (Å²) in [4.78, 5) is 65.2. The van der Waals surface area contributed by atoms with Gasteiger partial charge < -0.3 is 45.0 Å². The maximum atomic E-state index is 13.3. The van der Waals surface area contributed by atoms with Gasteiger partial charge in [-0.25, -0.2) is 9.97 Å². The van der Waals surface area contributed by atoms with Crippen LogP contribution in [0.15, 0.2) is 85.3 Å². The molecule has 3 aromatic carbocycles. The normalized spacial score (nSPS) is 20.9. The molecule has 9 rings (SSSR count). The zero-order valence-corrected chi connectivity index (χ0v) is 39.3. The Bertz CT molecular complexity index is 2600. The van der Waals surface area contributed by atoms with Gasteiger partial charge in [0.15, 0.2) is 6.23 Å². The number of aromatic nitrogens is 3. The summed E-state index contributed by atoms with van der Waals surface area (Å²) >= 11 is 0. The van der Waals surface area contributed by atoms with Crippen LogP contribution in [-0.4, -0.2) is 156 Å². The van der Waals surface area contributed by atoms with E-state index in [4.69, 9.17) is 29.7 Å². The van der Waals surface area contributed by atoms with E-state index < -0.39 is 30.0 Å². The molecule has 370 valence electrons. The molecule has 0 bridgehead atoms. The number of amides is 4. The molecule has 6 N–H and O–H groups in total. The number of piperidine rings is 1. The highest BCUT2D eigenvalue weighted by molar-refractivity contribution is 6.08. The minimum Gasteiger partial charge on any atom is -0.457 e. The Morgan fingerprint density at radius 1 is 0.786 bits per heavy atom. The Balaban J connectivity index is 0.605. The third kappa shape index (κ3) is 11.4. The Kier molecular flexibility index (Phi) is 15.9. The Morgan fingerprint density at radius 2 is 1.49 bits per heavy atom. The largest absolute Gasteiger partial charge is 0.457 e. The van der Waals surface area contributed by atoms with Crippen molar-refractivity contribution < 1.29 is 43.2 Å². The number of piperazine rings is 1. The lowest BCUT2D eigenvalue weighted by molar-refractivity contribution is -0.139. The number of hydrogen-bond donors (Lipinski definition) is 5. The van der Waals surface area contributed by atoms with E-state index in [1.165, 1.54) is 0 Å². The molecule has 2 unspecified atom stereocenters. The average molecular weight is 959 g/mol. The van der Waals surface area contributed by atoms with Gasteiger partial charge in [-0.2, -0.15) is 0 Å². The standard InChI is InChI=1S/C51H62N10O9/c52-47-46-40(34-9-15-38(16-10-34)70-37-5-2-1-3-6-37)32-60(48(46)56-33-55-47)36-13-11-35(12-14-36)59-22-20-58(21-23-59)24-26-68-28-30-69-29-27-67-25-19-53-44(63)31-54-41-8-4-7-39-45(41)51(66)61(50(39)65)42-17-18-43(62)57-49(42)64/h1-10,15-16,32-33,35-36,42,50,54,65H,11-14,17-31H2,(H,53,63)(H2,52,55,56)(H,57,62,64). The number of aliphatic hydroxyl groups excluding tert-OH is 1. The lowest BCUT2D eigenvalue weighted by Crippen LogP contribution is -2.53. The predicted molar refractivity (Wildman–Crippen MR) is 261 cm³/mol. The lowest BCUT2D eigenvalue weighted by atomic mass is 9.89. The van der Waals surface area contributed by atoms with Gasteiger partial charge in [-0.3, -0.25) is 39.2 Å². The van der Waals surface area contributed by atoms with Gasteiger partial charge in [0.25, 0.3) is 5.91 Å². The monoisotopic (exact) mass is 958 g/mol. The van der Waals surface area contributed by atoms with Crippen molar-refractivity contribution >= 4 is 46.2 Å². The lowest BCUT2D eigenvalue weighted by Gasteiger charge is -2.42. The predicted octanol–water partition coefficient (Wildman–Crippen LogP) is 4.10. The number of hydrogen-bond acceptors (Lipinski definition) is 15. The number of aliphatic hydroxyl groups is 1. The molecule has 5 aromatic rings. The van der Waals surface area contributed by atoms with Crippen molar-refractivity contribution in [3.8, 4) is 22.6 Å². The molecule has 3 fully saturated rings. The summed E-state index contributed by atoms with van der Waals surface area (Å²) < 4.78 is 25.5. The SMILES string of the molecule is Nc1ncnc2c1c(-c1ccc(Oc3ccccc3)cc1)cn2C1CCC(N2CCN(CCOCCOCCOCCNC(=O)CNc3cccc4c3C(=O)N(C3CCC(=O)NC3=O)C4O)CC2)CC1. The number of nitrogens with one attached hydrogen (secondary N) is 3. The third-order valence-corrected chi connectivity index (χ3v) is 13.7. The summed E-state index contributed by atoms with van der Waals surface area (Å²) in [5, 5.41) is 19.7. The van der Waals surface area contributed by atoms with Crippen molar-refractivity contribution in [3.63, 3.8) is 0 Å². The fourth-order valence-electron chi connectivity index (χ4n) is 10.0. The van der Waals surface area contributed by atoms with E-state index in [-0.39, 0.29) is 37.4 Å².